The van der Waals surface area contributed by atoms with Gasteiger partial charge in [-0.15, -0.1) is 0 Å². The lowest BCUT2D eigenvalue weighted by Crippen LogP contribution is -2.49. The zero-order chi connectivity index (χ0) is 27.6. The number of nitrogens with zero attached hydrogens (tertiary/aromatic N) is 6. The molecule has 3 aliphatic rings. The van der Waals surface area contributed by atoms with Gasteiger partial charge >= 0.3 is 0 Å². The first-order valence-electron chi connectivity index (χ1n) is 14.7. The van der Waals surface area contributed by atoms with Crippen LogP contribution in [0.1, 0.15) is 31.9 Å². The van der Waals surface area contributed by atoms with E-state index in [2.05, 4.69) is 57.2 Å². The Morgan fingerprint density at radius 2 is 1.85 bits per heavy atom. The van der Waals surface area contributed by atoms with Crippen LogP contribution in [0, 0.1) is 0 Å². The van der Waals surface area contributed by atoms with E-state index in [9.17, 15) is 0 Å². The number of anilines is 3. The van der Waals surface area contributed by atoms with Crippen molar-refractivity contribution in [3.8, 4) is 16.9 Å². The molecule has 3 aromatic rings. The number of ether oxygens (including phenoxy) is 2. The molecule has 40 heavy (non-hydrogen) atoms. The molecule has 3 aliphatic heterocycles. The van der Waals surface area contributed by atoms with E-state index in [4.69, 9.17) is 25.2 Å². The summed E-state index contributed by atoms with van der Waals surface area (Å²) in [5, 5.41) is 3.64. The van der Waals surface area contributed by atoms with E-state index in [1.807, 2.05) is 6.20 Å². The molecular formula is C30H42N8O2. The molecule has 1 aromatic carbocycles. The number of hydrogen-bond acceptors (Lipinski definition) is 10. The number of methoxy groups -OCH3 is 1. The highest BCUT2D eigenvalue weighted by Crippen LogP contribution is 2.38. The third-order valence-electron chi connectivity index (χ3n) is 8.74. The molecule has 1 unspecified atom stereocenters. The zero-order valence-electron chi connectivity index (χ0n) is 24.0. The molecule has 0 amide bonds. The van der Waals surface area contributed by atoms with E-state index in [0.717, 1.165) is 111 Å². The fourth-order valence-corrected chi connectivity index (χ4v) is 6.25. The van der Waals surface area contributed by atoms with Crippen LogP contribution >= 0.6 is 0 Å². The molecule has 0 saturated carbocycles. The van der Waals surface area contributed by atoms with Gasteiger partial charge in [0.05, 0.1) is 18.5 Å². The molecule has 3 saturated heterocycles. The smallest absolute Gasteiger partial charge is 0.151 e. The Hall–Kier alpha value is -3.21. The number of rotatable bonds is 7. The van der Waals surface area contributed by atoms with Crippen LogP contribution in [-0.2, 0) is 11.2 Å². The average Bonchev–Trinajstić information content (AvgIpc) is 3.48. The van der Waals surface area contributed by atoms with Crippen LogP contribution < -0.4 is 20.7 Å². The van der Waals surface area contributed by atoms with Gasteiger partial charge in [-0.1, -0.05) is 13.0 Å². The first-order valence-corrected chi connectivity index (χ1v) is 14.7. The molecular weight excluding hydrogens is 504 g/mol. The fraction of sp³-hybridized carbons (Fsp3) is 0.567. The van der Waals surface area contributed by atoms with Gasteiger partial charge in [-0.3, -0.25) is 4.90 Å². The largest absolute Gasteiger partial charge is 0.495 e. The quantitative estimate of drug-likeness (QED) is 0.459. The first kappa shape index (κ1) is 27.0. The summed E-state index contributed by atoms with van der Waals surface area (Å²) < 4.78 is 11.5. The van der Waals surface area contributed by atoms with Gasteiger partial charge in [-0.2, -0.15) is 0 Å². The molecule has 3 N–H and O–H groups in total. The highest BCUT2D eigenvalue weighted by molar-refractivity contribution is 5.97. The van der Waals surface area contributed by atoms with Crippen LogP contribution in [0.5, 0.6) is 5.75 Å². The van der Waals surface area contributed by atoms with E-state index >= 15 is 0 Å². The lowest BCUT2D eigenvalue weighted by Gasteiger charge is -2.36. The van der Waals surface area contributed by atoms with Gasteiger partial charge in [0.1, 0.15) is 22.6 Å². The standard InChI is InChI=1S/C30H42N8O2/c1-4-24-30(33-21-8-15-40-16-9-21)35-27-23(18-32-29(31)28(27)34-24)20-5-6-25(26(17-20)39-3)38-10-7-22(19-38)37-13-11-36(2)12-14-37/h5-6,17-18,21-22H,4,7-16,19H2,1-3H3,(H2,31,32)(H,33,35). The fourth-order valence-electron chi connectivity index (χ4n) is 6.25. The molecule has 1 atom stereocenters. The van der Waals surface area contributed by atoms with Gasteiger partial charge in [0.15, 0.2) is 5.82 Å². The topological polar surface area (TPSA) is 105 Å². The molecule has 0 radical (unpaired) electrons. The van der Waals surface area contributed by atoms with Gasteiger partial charge < -0.3 is 30.3 Å². The van der Waals surface area contributed by atoms with Crippen LogP contribution in [0.2, 0.25) is 0 Å². The van der Waals surface area contributed by atoms with E-state index < -0.39 is 0 Å². The summed E-state index contributed by atoms with van der Waals surface area (Å²) in [6, 6.07) is 7.34. The van der Waals surface area contributed by atoms with Gasteiger partial charge in [0.2, 0.25) is 0 Å². The normalized spacial score (nSPS) is 21.3. The number of benzene rings is 1. The molecule has 10 heteroatoms. The third-order valence-corrected chi connectivity index (χ3v) is 8.74. The summed E-state index contributed by atoms with van der Waals surface area (Å²) in [4.78, 5) is 22.1. The van der Waals surface area contributed by atoms with Crippen molar-refractivity contribution >= 4 is 28.4 Å². The van der Waals surface area contributed by atoms with Gasteiger partial charge in [0.25, 0.3) is 0 Å². The van der Waals surface area contributed by atoms with Crippen molar-refractivity contribution in [2.75, 3.05) is 82.6 Å². The Labute approximate surface area is 236 Å². The first-order chi connectivity index (χ1) is 19.5. The summed E-state index contributed by atoms with van der Waals surface area (Å²) >= 11 is 0. The Balaban J connectivity index is 1.30. The van der Waals surface area contributed by atoms with Crippen LogP contribution in [-0.4, -0.2) is 103 Å². The van der Waals surface area contributed by atoms with E-state index in [1.54, 1.807) is 7.11 Å². The number of nitrogens with two attached hydrogens (primary N) is 1. The van der Waals surface area contributed by atoms with E-state index in [0.29, 0.717) is 23.4 Å². The van der Waals surface area contributed by atoms with Crippen molar-refractivity contribution < 1.29 is 9.47 Å². The van der Waals surface area contributed by atoms with Crippen molar-refractivity contribution in [2.24, 2.45) is 0 Å². The number of aryl methyl sites for hydroxylation is 1. The molecule has 0 bridgehead atoms. The summed E-state index contributed by atoms with van der Waals surface area (Å²) in [7, 11) is 3.96. The maximum Gasteiger partial charge on any atom is 0.151 e. The third kappa shape index (κ3) is 5.40. The Bertz CT molecular complexity index is 1340. The Morgan fingerprint density at radius 1 is 1.05 bits per heavy atom. The highest BCUT2D eigenvalue weighted by Gasteiger charge is 2.31. The number of fused-ring (bicyclic) bond motifs is 1. The summed E-state index contributed by atoms with van der Waals surface area (Å²) in [5.74, 6) is 2.08. The number of nitrogens with one attached hydrogen (secondary N) is 1. The lowest BCUT2D eigenvalue weighted by molar-refractivity contribution is 0.0903. The minimum absolute atomic E-state index is 0.322. The zero-order valence-corrected chi connectivity index (χ0v) is 24.0. The summed E-state index contributed by atoms with van der Waals surface area (Å²) in [6.07, 6.45) is 5.66. The highest BCUT2D eigenvalue weighted by atomic mass is 16.5. The number of piperazine rings is 1. The molecule has 214 valence electrons. The maximum atomic E-state index is 6.32. The molecule has 3 fully saturated rings. The van der Waals surface area contributed by atoms with Crippen molar-refractivity contribution in [1.82, 2.24) is 24.8 Å². The van der Waals surface area contributed by atoms with Gasteiger partial charge in [-0.05, 0) is 50.4 Å². The predicted molar refractivity (Wildman–Crippen MR) is 160 cm³/mol. The molecule has 0 spiro atoms. The van der Waals surface area contributed by atoms with E-state index in [1.165, 1.54) is 6.42 Å². The SMILES string of the molecule is CCc1nc2c(N)ncc(-c3ccc(N4CCC(N5CCN(C)CC5)C4)c(OC)c3)c2nc1NC1CCOCC1. The average molecular weight is 547 g/mol. The number of nitrogen functional groups attached to an aromatic ring is 1. The molecule has 6 rings (SSSR count). The lowest BCUT2D eigenvalue weighted by atomic mass is 10.0. The van der Waals surface area contributed by atoms with Gasteiger partial charge in [0, 0.05) is 76.3 Å². The number of hydrogen-bond donors (Lipinski definition) is 2. The number of likely N-dealkylation sites (N-methyl/N-ethyl adjacent to an activating group) is 1. The van der Waals surface area contributed by atoms with Crippen molar-refractivity contribution in [2.45, 2.75) is 44.7 Å². The van der Waals surface area contributed by atoms with Crippen LogP contribution in [0.4, 0.5) is 17.3 Å². The summed E-state index contributed by atoms with van der Waals surface area (Å²) in [6.45, 7) is 10.3. The molecule has 2 aromatic heterocycles. The Kier molecular flexibility index (Phi) is 7.91. The molecule has 10 nitrogen and oxygen atoms in total. The molecule has 5 heterocycles. The van der Waals surface area contributed by atoms with Crippen molar-refractivity contribution in [3.05, 3.63) is 30.1 Å². The maximum absolute atomic E-state index is 6.32. The molecule has 0 aliphatic carbocycles. The van der Waals surface area contributed by atoms with Crippen LogP contribution in [0.3, 0.4) is 0 Å². The predicted octanol–water partition coefficient (Wildman–Crippen LogP) is 3.26. The second-order valence-electron chi connectivity index (χ2n) is 11.3. The van der Waals surface area contributed by atoms with Crippen LogP contribution in [0.15, 0.2) is 24.4 Å². The summed E-state index contributed by atoms with van der Waals surface area (Å²) in [5.41, 5.74) is 11.6. The van der Waals surface area contributed by atoms with Crippen molar-refractivity contribution in [3.63, 3.8) is 0 Å². The van der Waals surface area contributed by atoms with Gasteiger partial charge in [-0.25, -0.2) is 15.0 Å². The number of aromatic nitrogens is 3. The minimum Gasteiger partial charge on any atom is -0.495 e. The second-order valence-corrected chi connectivity index (χ2v) is 11.3. The Morgan fingerprint density at radius 3 is 2.60 bits per heavy atom. The minimum atomic E-state index is 0.322. The van der Waals surface area contributed by atoms with Crippen LogP contribution in [0.25, 0.3) is 22.2 Å². The number of pyridine rings is 1. The van der Waals surface area contributed by atoms with E-state index in [-0.39, 0.29) is 0 Å². The second kappa shape index (κ2) is 11.7. The monoisotopic (exact) mass is 546 g/mol. The van der Waals surface area contributed by atoms with Crippen molar-refractivity contribution in [1.29, 1.82) is 0 Å².